The number of thioether (sulfide) groups is 1. The highest BCUT2D eigenvalue weighted by Gasteiger charge is 2.27. The Kier molecular flexibility index (Phi) is 3.91. The summed E-state index contributed by atoms with van der Waals surface area (Å²) in [6.45, 7) is 3.05. The largest absolute Gasteiger partial charge is 0.480 e. The van der Waals surface area contributed by atoms with Crippen LogP contribution in [-0.4, -0.2) is 15.8 Å². The highest BCUT2D eigenvalue weighted by molar-refractivity contribution is 8.00. The molecule has 0 aliphatic rings. The molecule has 0 atom stereocenters. The molecule has 1 rings (SSSR count). The number of hydrogen-bond acceptors (Lipinski definition) is 2. The predicted octanol–water partition coefficient (Wildman–Crippen LogP) is 3.06. The molecule has 0 unspecified atom stereocenters. The molecule has 5 heteroatoms. The van der Waals surface area contributed by atoms with Gasteiger partial charge in [0.1, 0.15) is 16.4 Å². The second kappa shape index (κ2) is 4.82. The summed E-state index contributed by atoms with van der Waals surface area (Å²) < 4.78 is 25.0. The van der Waals surface area contributed by atoms with Crippen molar-refractivity contribution in [3.05, 3.63) is 35.4 Å². The third-order valence-electron chi connectivity index (χ3n) is 2.11. The lowest BCUT2D eigenvalue weighted by Gasteiger charge is -2.18. The van der Waals surface area contributed by atoms with E-state index in [1.165, 1.54) is 13.8 Å². The van der Waals surface area contributed by atoms with E-state index in [2.05, 4.69) is 0 Å². The molecule has 0 fully saturated rings. The minimum absolute atomic E-state index is 0.128. The second-order valence-electron chi connectivity index (χ2n) is 3.84. The third-order valence-corrected chi connectivity index (χ3v) is 3.46. The number of halogens is 2. The second-order valence-corrected chi connectivity index (χ2v) is 5.44. The standard InChI is InChI=1S/C11H12F2O2S/c1-11(2,10(14)15)16-6-7-5-8(12)3-4-9(7)13/h3-5H,6H2,1-2H3,(H,14,15). The molecule has 0 aromatic heterocycles. The summed E-state index contributed by atoms with van der Waals surface area (Å²) in [4.78, 5) is 10.8. The lowest BCUT2D eigenvalue weighted by atomic mass is 10.2. The predicted molar refractivity (Wildman–Crippen MR) is 59.4 cm³/mol. The van der Waals surface area contributed by atoms with E-state index in [0.717, 1.165) is 30.0 Å². The number of benzene rings is 1. The van der Waals surface area contributed by atoms with Crippen LogP contribution < -0.4 is 0 Å². The van der Waals surface area contributed by atoms with Crippen LogP contribution in [0.5, 0.6) is 0 Å². The monoisotopic (exact) mass is 246 g/mol. The van der Waals surface area contributed by atoms with Crippen LogP contribution in [0.1, 0.15) is 19.4 Å². The van der Waals surface area contributed by atoms with E-state index in [1.807, 2.05) is 0 Å². The third kappa shape index (κ3) is 3.20. The van der Waals surface area contributed by atoms with Crippen molar-refractivity contribution in [1.82, 2.24) is 0 Å². The zero-order valence-electron chi connectivity index (χ0n) is 8.96. The molecular weight excluding hydrogens is 234 g/mol. The van der Waals surface area contributed by atoms with Crippen LogP contribution in [0.15, 0.2) is 18.2 Å². The van der Waals surface area contributed by atoms with Crippen molar-refractivity contribution in [1.29, 1.82) is 0 Å². The van der Waals surface area contributed by atoms with Gasteiger partial charge in [-0.1, -0.05) is 0 Å². The smallest absolute Gasteiger partial charge is 0.319 e. The first-order valence-corrected chi connectivity index (χ1v) is 5.63. The fourth-order valence-corrected chi connectivity index (χ4v) is 1.83. The molecule has 0 saturated heterocycles. The maximum Gasteiger partial charge on any atom is 0.319 e. The molecule has 0 aliphatic carbocycles. The lowest BCUT2D eigenvalue weighted by molar-refractivity contribution is -0.138. The van der Waals surface area contributed by atoms with Crippen molar-refractivity contribution in [2.24, 2.45) is 0 Å². The maximum atomic E-state index is 13.2. The van der Waals surface area contributed by atoms with Gasteiger partial charge in [-0.3, -0.25) is 4.79 Å². The van der Waals surface area contributed by atoms with Crippen LogP contribution in [-0.2, 0) is 10.5 Å². The molecule has 88 valence electrons. The van der Waals surface area contributed by atoms with Gasteiger partial charge >= 0.3 is 5.97 Å². The summed E-state index contributed by atoms with van der Waals surface area (Å²) in [5, 5.41) is 8.85. The molecule has 0 heterocycles. The highest BCUT2D eigenvalue weighted by atomic mass is 32.2. The molecule has 0 amide bonds. The van der Waals surface area contributed by atoms with Crippen LogP contribution in [0.2, 0.25) is 0 Å². The Morgan fingerprint density at radius 3 is 2.62 bits per heavy atom. The van der Waals surface area contributed by atoms with Gasteiger partial charge in [-0.05, 0) is 32.0 Å². The normalized spacial score (nSPS) is 11.5. The summed E-state index contributed by atoms with van der Waals surface area (Å²) in [6.07, 6.45) is 0. The van der Waals surface area contributed by atoms with E-state index in [4.69, 9.17) is 5.11 Å². The van der Waals surface area contributed by atoms with Crippen molar-refractivity contribution < 1.29 is 18.7 Å². The average Bonchev–Trinajstić information content (AvgIpc) is 2.19. The lowest BCUT2D eigenvalue weighted by Crippen LogP contribution is -2.27. The fourth-order valence-electron chi connectivity index (χ4n) is 0.974. The molecule has 1 aromatic carbocycles. The fraction of sp³-hybridized carbons (Fsp3) is 0.364. The molecule has 0 aliphatic heterocycles. The molecule has 0 spiro atoms. The number of rotatable bonds is 4. The molecule has 0 radical (unpaired) electrons. The van der Waals surface area contributed by atoms with Crippen LogP contribution in [0, 0.1) is 11.6 Å². The Labute approximate surface area is 96.7 Å². The highest BCUT2D eigenvalue weighted by Crippen LogP contribution is 2.29. The SMILES string of the molecule is CC(C)(SCc1cc(F)ccc1F)C(=O)O. The van der Waals surface area contributed by atoms with Gasteiger partial charge in [-0.2, -0.15) is 0 Å². The summed E-state index contributed by atoms with van der Waals surface area (Å²) in [7, 11) is 0. The Morgan fingerprint density at radius 2 is 2.06 bits per heavy atom. The molecule has 1 aromatic rings. The van der Waals surface area contributed by atoms with E-state index in [-0.39, 0.29) is 11.3 Å². The summed E-state index contributed by atoms with van der Waals surface area (Å²) in [5.41, 5.74) is 0.180. The van der Waals surface area contributed by atoms with Gasteiger partial charge in [-0.25, -0.2) is 8.78 Å². The van der Waals surface area contributed by atoms with Gasteiger partial charge in [0.25, 0.3) is 0 Å². The Morgan fingerprint density at radius 1 is 1.44 bits per heavy atom. The zero-order chi connectivity index (χ0) is 12.3. The summed E-state index contributed by atoms with van der Waals surface area (Å²) in [5.74, 6) is -1.89. The molecular formula is C11H12F2O2S. The quantitative estimate of drug-likeness (QED) is 0.887. The Hall–Kier alpha value is -1.10. The summed E-state index contributed by atoms with van der Waals surface area (Å²) in [6, 6.07) is 3.16. The van der Waals surface area contributed by atoms with Crippen molar-refractivity contribution in [3.8, 4) is 0 Å². The minimum atomic E-state index is -1.02. The number of carboxylic acids is 1. The van der Waals surface area contributed by atoms with Crippen molar-refractivity contribution >= 4 is 17.7 Å². The van der Waals surface area contributed by atoms with Crippen molar-refractivity contribution in [2.75, 3.05) is 0 Å². The van der Waals surface area contributed by atoms with Gasteiger partial charge in [0, 0.05) is 11.3 Å². The summed E-state index contributed by atoms with van der Waals surface area (Å²) >= 11 is 1.06. The zero-order valence-corrected chi connectivity index (χ0v) is 9.78. The number of carbonyl (C=O) groups is 1. The maximum absolute atomic E-state index is 13.2. The van der Waals surface area contributed by atoms with E-state index >= 15 is 0 Å². The topological polar surface area (TPSA) is 37.3 Å². The number of aliphatic carboxylic acids is 1. The van der Waals surface area contributed by atoms with Crippen LogP contribution >= 0.6 is 11.8 Å². The van der Waals surface area contributed by atoms with E-state index < -0.39 is 22.4 Å². The number of carboxylic acid groups (broad SMARTS) is 1. The van der Waals surface area contributed by atoms with E-state index in [1.54, 1.807) is 0 Å². The molecule has 1 N–H and O–H groups in total. The number of hydrogen-bond donors (Lipinski definition) is 1. The van der Waals surface area contributed by atoms with Gasteiger partial charge in [0.05, 0.1) is 0 Å². The van der Waals surface area contributed by atoms with Gasteiger partial charge < -0.3 is 5.11 Å². The molecule has 0 bridgehead atoms. The molecule has 0 saturated carbocycles. The Bertz CT molecular complexity index is 405. The first-order valence-electron chi connectivity index (χ1n) is 4.64. The van der Waals surface area contributed by atoms with Crippen molar-refractivity contribution in [3.63, 3.8) is 0 Å². The average molecular weight is 246 g/mol. The first-order chi connectivity index (χ1) is 7.33. The molecule has 2 nitrogen and oxygen atoms in total. The molecule has 16 heavy (non-hydrogen) atoms. The van der Waals surface area contributed by atoms with Crippen LogP contribution in [0.3, 0.4) is 0 Å². The van der Waals surface area contributed by atoms with Gasteiger partial charge in [-0.15, -0.1) is 11.8 Å². The van der Waals surface area contributed by atoms with Crippen LogP contribution in [0.25, 0.3) is 0 Å². The van der Waals surface area contributed by atoms with Crippen LogP contribution in [0.4, 0.5) is 8.78 Å². The van der Waals surface area contributed by atoms with E-state index in [0.29, 0.717) is 0 Å². The van der Waals surface area contributed by atoms with Crippen molar-refractivity contribution in [2.45, 2.75) is 24.3 Å². The van der Waals surface area contributed by atoms with Gasteiger partial charge in [0.2, 0.25) is 0 Å². The van der Waals surface area contributed by atoms with Gasteiger partial charge in [0.15, 0.2) is 0 Å². The first kappa shape index (κ1) is 13.0. The van der Waals surface area contributed by atoms with E-state index in [9.17, 15) is 13.6 Å². The minimum Gasteiger partial charge on any atom is -0.480 e. The Balaban J connectivity index is 2.75.